The number of carbonyl (C=O) groups is 1. The first-order valence-electron chi connectivity index (χ1n) is 7.50. The fourth-order valence-electron chi connectivity index (χ4n) is 2.71. The van der Waals surface area contributed by atoms with Crippen LogP contribution in [0.2, 0.25) is 0 Å². The van der Waals surface area contributed by atoms with Crippen LogP contribution in [0.25, 0.3) is 11.3 Å². The first-order chi connectivity index (χ1) is 11.3. The van der Waals surface area contributed by atoms with E-state index in [1.807, 2.05) is 42.5 Å². The molecule has 116 valence electrons. The average molecular weight is 324 g/mol. The second-order valence-corrected chi connectivity index (χ2v) is 6.44. The lowest BCUT2D eigenvalue weighted by Crippen LogP contribution is -2.45. The summed E-state index contributed by atoms with van der Waals surface area (Å²) in [5, 5.41) is 13.1. The quantitative estimate of drug-likeness (QED) is 0.776. The van der Waals surface area contributed by atoms with Crippen molar-refractivity contribution >= 4 is 17.2 Å². The molecule has 1 aromatic carbocycles. The fourth-order valence-corrected chi connectivity index (χ4v) is 3.36. The summed E-state index contributed by atoms with van der Waals surface area (Å²) < 4.78 is 1.80. The van der Waals surface area contributed by atoms with E-state index in [0.29, 0.717) is 12.2 Å². The van der Waals surface area contributed by atoms with Crippen molar-refractivity contribution in [3.8, 4) is 11.3 Å². The van der Waals surface area contributed by atoms with E-state index in [4.69, 9.17) is 0 Å². The van der Waals surface area contributed by atoms with Gasteiger partial charge >= 0.3 is 0 Å². The number of hydrogen-bond acceptors (Lipinski definition) is 4. The molecule has 6 heteroatoms. The van der Waals surface area contributed by atoms with Crippen LogP contribution in [0, 0.1) is 0 Å². The highest BCUT2D eigenvalue weighted by molar-refractivity contribution is 7.09. The molecule has 0 unspecified atom stereocenters. The average Bonchev–Trinajstić information content (AvgIpc) is 3.25. The highest BCUT2D eigenvalue weighted by Gasteiger charge is 2.27. The van der Waals surface area contributed by atoms with E-state index in [1.54, 1.807) is 16.0 Å². The Hall–Kier alpha value is -2.44. The molecule has 1 atom stereocenters. The van der Waals surface area contributed by atoms with Gasteiger partial charge in [-0.3, -0.25) is 10.1 Å². The van der Waals surface area contributed by atoms with E-state index in [-0.39, 0.29) is 12.1 Å². The van der Waals surface area contributed by atoms with Crippen molar-refractivity contribution in [3.05, 3.63) is 64.5 Å². The van der Waals surface area contributed by atoms with E-state index in [2.05, 4.69) is 27.2 Å². The maximum atomic E-state index is 12.1. The maximum absolute atomic E-state index is 12.1. The number of amides is 1. The van der Waals surface area contributed by atoms with Gasteiger partial charge in [0.25, 0.3) is 5.91 Å². The lowest BCUT2D eigenvalue weighted by molar-refractivity contribution is 0.0900. The van der Waals surface area contributed by atoms with Crippen molar-refractivity contribution in [1.29, 1.82) is 0 Å². The predicted octanol–water partition coefficient (Wildman–Crippen LogP) is 2.64. The van der Waals surface area contributed by atoms with Gasteiger partial charge < -0.3 is 5.32 Å². The van der Waals surface area contributed by atoms with Crippen LogP contribution in [0.1, 0.15) is 21.5 Å². The molecule has 5 nitrogen and oxygen atoms in total. The summed E-state index contributed by atoms with van der Waals surface area (Å²) in [4.78, 5) is 13.4. The van der Waals surface area contributed by atoms with E-state index in [9.17, 15) is 4.79 Å². The summed E-state index contributed by atoms with van der Waals surface area (Å²) in [6.07, 6.45) is -0.0396. The number of nitrogens with one attached hydrogen (secondary N) is 2. The second kappa shape index (κ2) is 5.98. The number of hydrogen-bond donors (Lipinski definition) is 2. The minimum Gasteiger partial charge on any atom is -0.347 e. The molecule has 0 saturated heterocycles. The zero-order valence-corrected chi connectivity index (χ0v) is 13.2. The molecular formula is C17H16N4OS. The highest BCUT2D eigenvalue weighted by atomic mass is 32.1. The Morgan fingerprint density at radius 1 is 1.26 bits per heavy atom. The standard InChI is InChI=1S/C17H16N4OS/c22-17-15-9-14(12-5-2-1-3-6-12)20-21(15)16(11-19-17)18-10-13-7-4-8-23-13/h1-9,16,18H,10-11H2,(H,19,22)/t16-/m0/s1. The van der Waals surface area contributed by atoms with Crippen molar-refractivity contribution in [2.75, 3.05) is 6.54 Å². The minimum atomic E-state index is -0.0751. The molecule has 2 aromatic heterocycles. The van der Waals surface area contributed by atoms with Gasteiger partial charge in [0.2, 0.25) is 0 Å². The molecule has 0 bridgehead atoms. The van der Waals surface area contributed by atoms with Gasteiger partial charge in [0.15, 0.2) is 0 Å². The number of nitrogens with zero attached hydrogens (tertiary/aromatic N) is 2. The summed E-state index contributed by atoms with van der Waals surface area (Å²) in [5.74, 6) is -0.0751. The maximum Gasteiger partial charge on any atom is 0.269 e. The SMILES string of the molecule is O=C1NC[C@@H](NCc2cccs2)n2nc(-c3ccccc3)cc21. The van der Waals surface area contributed by atoms with E-state index in [1.165, 1.54) is 4.88 Å². The third-order valence-electron chi connectivity index (χ3n) is 3.88. The molecule has 23 heavy (non-hydrogen) atoms. The number of rotatable bonds is 4. The van der Waals surface area contributed by atoms with Crippen LogP contribution in [-0.2, 0) is 6.54 Å². The summed E-state index contributed by atoms with van der Waals surface area (Å²) in [7, 11) is 0. The molecule has 3 aromatic rings. The Morgan fingerprint density at radius 3 is 2.91 bits per heavy atom. The normalized spacial score (nSPS) is 16.9. The van der Waals surface area contributed by atoms with E-state index in [0.717, 1.165) is 17.8 Å². The van der Waals surface area contributed by atoms with Gasteiger partial charge in [-0.25, -0.2) is 4.68 Å². The Kier molecular flexibility index (Phi) is 3.69. The molecule has 0 saturated carbocycles. The Labute approximate surface area is 138 Å². The minimum absolute atomic E-state index is 0.0396. The van der Waals surface area contributed by atoms with Crippen LogP contribution in [-0.4, -0.2) is 22.2 Å². The van der Waals surface area contributed by atoms with Crippen molar-refractivity contribution in [1.82, 2.24) is 20.4 Å². The lowest BCUT2D eigenvalue weighted by atomic mass is 10.1. The van der Waals surface area contributed by atoms with Crippen LogP contribution in [0.5, 0.6) is 0 Å². The van der Waals surface area contributed by atoms with Crippen LogP contribution >= 0.6 is 11.3 Å². The zero-order chi connectivity index (χ0) is 15.6. The Balaban J connectivity index is 1.62. The van der Waals surface area contributed by atoms with Gasteiger partial charge in [-0.05, 0) is 17.5 Å². The number of benzene rings is 1. The largest absolute Gasteiger partial charge is 0.347 e. The smallest absolute Gasteiger partial charge is 0.269 e. The van der Waals surface area contributed by atoms with Crippen LogP contribution in [0.3, 0.4) is 0 Å². The van der Waals surface area contributed by atoms with Crippen molar-refractivity contribution in [2.45, 2.75) is 12.7 Å². The van der Waals surface area contributed by atoms with Gasteiger partial charge in [0.1, 0.15) is 11.9 Å². The van der Waals surface area contributed by atoms with Crippen LogP contribution in [0.15, 0.2) is 53.9 Å². The molecule has 1 aliphatic rings. The topological polar surface area (TPSA) is 59.0 Å². The van der Waals surface area contributed by atoms with Gasteiger partial charge in [-0.2, -0.15) is 5.10 Å². The summed E-state index contributed by atoms with van der Waals surface area (Å²) >= 11 is 1.72. The predicted molar refractivity (Wildman–Crippen MR) is 90.2 cm³/mol. The third kappa shape index (κ3) is 2.78. The number of fused-ring (bicyclic) bond motifs is 1. The highest BCUT2D eigenvalue weighted by Crippen LogP contribution is 2.23. The number of aromatic nitrogens is 2. The Bertz CT molecular complexity index is 811. The molecule has 0 aliphatic carbocycles. The molecule has 1 amide bonds. The Morgan fingerprint density at radius 2 is 2.13 bits per heavy atom. The van der Waals surface area contributed by atoms with Crippen LogP contribution in [0.4, 0.5) is 0 Å². The molecule has 0 fully saturated rings. The first kappa shape index (κ1) is 14.2. The molecule has 4 rings (SSSR count). The third-order valence-corrected chi connectivity index (χ3v) is 4.76. The van der Waals surface area contributed by atoms with Gasteiger partial charge in [0, 0.05) is 17.0 Å². The van der Waals surface area contributed by atoms with Gasteiger partial charge in [-0.15, -0.1) is 11.3 Å². The second-order valence-electron chi connectivity index (χ2n) is 5.41. The molecule has 0 radical (unpaired) electrons. The van der Waals surface area contributed by atoms with Gasteiger partial charge in [-0.1, -0.05) is 36.4 Å². The number of thiophene rings is 1. The van der Waals surface area contributed by atoms with Crippen LogP contribution < -0.4 is 10.6 Å². The van der Waals surface area contributed by atoms with E-state index < -0.39 is 0 Å². The molecule has 0 spiro atoms. The zero-order valence-electron chi connectivity index (χ0n) is 12.4. The van der Waals surface area contributed by atoms with Crippen molar-refractivity contribution < 1.29 is 4.79 Å². The fraction of sp³-hybridized carbons (Fsp3) is 0.176. The summed E-state index contributed by atoms with van der Waals surface area (Å²) in [6.45, 7) is 1.30. The van der Waals surface area contributed by atoms with Crippen molar-refractivity contribution in [3.63, 3.8) is 0 Å². The molecule has 3 heterocycles. The van der Waals surface area contributed by atoms with Gasteiger partial charge in [0.05, 0.1) is 12.2 Å². The molecular weight excluding hydrogens is 308 g/mol. The first-order valence-corrected chi connectivity index (χ1v) is 8.38. The number of carbonyl (C=O) groups excluding carboxylic acids is 1. The summed E-state index contributed by atoms with van der Waals surface area (Å²) in [6, 6.07) is 15.9. The lowest BCUT2D eigenvalue weighted by Gasteiger charge is -2.25. The monoisotopic (exact) mass is 324 g/mol. The van der Waals surface area contributed by atoms with E-state index >= 15 is 0 Å². The molecule has 1 aliphatic heterocycles. The molecule has 2 N–H and O–H groups in total. The van der Waals surface area contributed by atoms with Crippen molar-refractivity contribution in [2.24, 2.45) is 0 Å². The summed E-state index contributed by atoms with van der Waals surface area (Å²) in [5.41, 5.74) is 2.43.